The summed E-state index contributed by atoms with van der Waals surface area (Å²) in [5.41, 5.74) is 3.99. The number of anilines is 4. The van der Waals surface area contributed by atoms with Gasteiger partial charge in [0.2, 0.25) is 11.9 Å². The van der Waals surface area contributed by atoms with Gasteiger partial charge >= 0.3 is 0 Å². The Bertz CT molecular complexity index is 1690. The highest BCUT2D eigenvalue weighted by molar-refractivity contribution is 5.84. The molecule has 3 atom stereocenters. The first-order chi connectivity index (χ1) is 21.0. The molecule has 222 valence electrons. The molecule has 1 saturated heterocycles. The molecule has 1 aliphatic heterocycles. The molecule has 1 unspecified atom stereocenters. The maximum Gasteiger partial charge on any atom is 0.229 e. The highest BCUT2D eigenvalue weighted by Gasteiger charge is 2.34. The van der Waals surface area contributed by atoms with Crippen molar-refractivity contribution in [3.63, 3.8) is 0 Å². The monoisotopic (exact) mass is 582 g/mol. The molecule has 2 aromatic carbocycles. The molecule has 0 bridgehead atoms. The predicted molar refractivity (Wildman–Crippen MR) is 164 cm³/mol. The number of nitrogens with zero attached hydrogens (tertiary/aromatic N) is 5. The Morgan fingerprint density at radius 2 is 2.05 bits per heavy atom. The van der Waals surface area contributed by atoms with E-state index in [0.29, 0.717) is 48.0 Å². The first-order valence-corrected chi connectivity index (χ1v) is 14.9. The van der Waals surface area contributed by atoms with Gasteiger partial charge in [0.05, 0.1) is 53.6 Å². The van der Waals surface area contributed by atoms with Gasteiger partial charge in [0, 0.05) is 31.2 Å². The van der Waals surface area contributed by atoms with Crippen molar-refractivity contribution in [2.45, 2.75) is 56.8 Å². The number of allylic oxidation sites excluding steroid dienone is 1. The lowest BCUT2D eigenvalue weighted by Crippen LogP contribution is -2.44. The molecule has 11 heteroatoms. The van der Waals surface area contributed by atoms with Crippen molar-refractivity contribution in [3.05, 3.63) is 78.4 Å². The average Bonchev–Trinajstić information content (AvgIpc) is 3.65. The Kier molecular flexibility index (Phi) is 7.18. The third-order valence-electron chi connectivity index (χ3n) is 8.59. The molecule has 4 N–H and O–H groups in total. The van der Waals surface area contributed by atoms with Crippen molar-refractivity contribution in [1.82, 2.24) is 25.1 Å². The van der Waals surface area contributed by atoms with Gasteiger partial charge in [-0.15, -0.1) is 6.58 Å². The summed E-state index contributed by atoms with van der Waals surface area (Å²) in [6.07, 6.45) is 8.68. The summed E-state index contributed by atoms with van der Waals surface area (Å²) in [6, 6.07) is 11.2. The second kappa shape index (κ2) is 11.3. The first-order valence-electron chi connectivity index (χ1n) is 14.9. The number of halogens is 1. The van der Waals surface area contributed by atoms with Crippen molar-refractivity contribution in [2.24, 2.45) is 5.92 Å². The number of hydrogen-bond donors (Lipinski definition) is 4. The largest absolute Gasteiger partial charge is 0.390 e. The SMILES string of the molecule is C=CCn1ncc2c(F)cc(Nc3ncc(N4CCCC(C(=O)NC5CC5)C4)c(N[C@H]4c5ccccc5C[C@H]4O)n3)cc21. The quantitative estimate of drug-likeness (QED) is 0.214. The number of benzene rings is 2. The fourth-order valence-electron chi connectivity index (χ4n) is 6.23. The molecule has 3 aliphatic rings. The van der Waals surface area contributed by atoms with E-state index in [-0.39, 0.29) is 23.8 Å². The van der Waals surface area contributed by atoms with Crippen LogP contribution in [0.15, 0.2) is 61.4 Å². The van der Waals surface area contributed by atoms with E-state index in [0.717, 1.165) is 49.0 Å². The van der Waals surface area contributed by atoms with Gasteiger partial charge in [-0.3, -0.25) is 9.48 Å². The number of nitrogens with one attached hydrogen (secondary N) is 3. The predicted octanol–water partition coefficient (Wildman–Crippen LogP) is 4.46. The summed E-state index contributed by atoms with van der Waals surface area (Å²) in [7, 11) is 0. The summed E-state index contributed by atoms with van der Waals surface area (Å²) in [5.74, 6) is 0.405. The number of carbonyl (C=O) groups is 1. The lowest BCUT2D eigenvalue weighted by atomic mass is 9.96. The summed E-state index contributed by atoms with van der Waals surface area (Å²) >= 11 is 0. The van der Waals surface area contributed by atoms with Gasteiger partial charge in [0.1, 0.15) is 5.82 Å². The van der Waals surface area contributed by atoms with Gasteiger partial charge in [0.15, 0.2) is 5.82 Å². The smallest absolute Gasteiger partial charge is 0.229 e. The Balaban J connectivity index is 1.21. The molecule has 2 aliphatic carbocycles. The number of rotatable bonds is 9. The lowest BCUT2D eigenvalue weighted by molar-refractivity contribution is -0.125. The second-order valence-electron chi connectivity index (χ2n) is 11.7. The van der Waals surface area contributed by atoms with Crippen molar-refractivity contribution in [3.8, 4) is 0 Å². The maximum atomic E-state index is 15.0. The van der Waals surface area contributed by atoms with Crippen LogP contribution in [0.1, 0.15) is 42.9 Å². The summed E-state index contributed by atoms with van der Waals surface area (Å²) in [6.45, 7) is 5.53. The van der Waals surface area contributed by atoms with Crippen LogP contribution < -0.4 is 20.9 Å². The highest BCUT2D eigenvalue weighted by atomic mass is 19.1. The third-order valence-corrected chi connectivity index (χ3v) is 8.59. The van der Waals surface area contributed by atoms with Crippen LogP contribution in [0.5, 0.6) is 0 Å². The van der Waals surface area contributed by atoms with Crippen LogP contribution in [0.25, 0.3) is 10.9 Å². The van der Waals surface area contributed by atoms with E-state index < -0.39 is 11.9 Å². The normalized spacial score (nSPS) is 21.4. The average molecular weight is 583 g/mol. The molecule has 0 radical (unpaired) electrons. The van der Waals surface area contributed by atoms with Gasteiger partial charge in [0.25, 0.3) is 0 Å². The first kappa shape index (κ1) is 27.3. The van der Waals surface area contributed by atoms with Crippen molar-refractivity contribution in [1.29, 1.82) is 0 Å². The molecular formula is C32H35FN8O2. The molecule has 0 spiro atoms. The Morgan fingerprint density at radius 3 is 2.88 bits per heavy atom. The minimum Gasteiger partial charge on any atom is -0.390 e. The number of aliphatic hydroxyl groups excluding tert-OH is 1. The van der Waals surface area contributed by atoms with E-state index >= 15 is 0 Å². The van der Waals surface area contributed by atoms with Crippen molar-refractivity contribution in [2.75, 3.05) is 28.6 Å². The molecule has 43 heavy (non-hydrogen) atoms. The van der Waals surface area contributed by atoms with Gasteiger partial charge in [-0.1, -0.05) is 30.3 Å². The van der Waals surface area contributed by atoms with Crippen molar-refractivity contribution < 1.29 is 14.3 Å². The van der Waals surface area contributed by atoms with E-state index in [4.69, 9.17) is 4.98 Å². The molecular weight excluding hydrogens is 547 g/mol. The summed E-state index contributed by atoms with van der Waals surface area (Å²) in [5, 5.41) is 25.5. The summed E-state index contributed by atoms with van der Waals surface area (Å²) in [4.78, 5) is 24.5. The molecule has 2 aromatic heterocycles. The number of fused-ring (bicyclic) bond motifs is 2. The van der Waals surface area contributed by atoms with E-state index in [2.05, 4.69) is 37.5 Å². The van der Waals surface area contributed by atoms with E-state index in [1.54, 1.807) is 17.0 Å². The van der Waals surface area contributed by atoms with E-state index in [1.165, 1.54) is 12.3 Å². The number of aromatic nitrogens is 4. The molecule has 1 amide bonds. The number of amides is 1. The zero-order valence-corrected chi connectivity index (χ0v) is 23.8. The van der Waals surface area contributed by atoms with Gasteiger partial charge < -0.3 is 26.0 Å². The second-order valence-corrected chi connectivity index (χ2v) is 11.7. The van der Waals surface area contributed by atoms with Crippen LogP contribution in [0, 0.1) is 11.7 Å². The van der Waals surface area contributed by atoms with Crippen LogP contribution >= 0.6 is 0 Å². The standard InChI is InChI=1S/C32H35FN8O2/c1-2-11-41-26-15-22(14-25(33)24(26)16-35-41)37-32-34-17-27(40-12-5-7-20(18-40)31(43)36-21-9-10-21)30(39-32)38-29-23-8-4-3-6-19(23)13-28(29)42/h2-4,6,8,14-17,20-21,28-29,42H,1,5,7,9-13,18H2,(H,36,43)(H2,34,37,38,39)/t20?,28-,29+/m1/s1. The zero-order chi connectivity index (χ0) is 29.5. The van der Waals surface area contributed by atoms with Crippen LogP contribution in [0.4, 0.5) is 27.5 Å². The van der Waals surface area contributed by atoms with Crippen LogP contribution in [0.3, 0.4) is 0 Å². The van der Waals surface area contributed by atoms with Crippen molar-refractivity contribution >= 4 is 40.0 Å². The minimum atomic E-state index is -0.628. The number of carbonyl (C=O) groups excluding carboxylic acids is 1. The number of piperidine rings is 1. The van der Waals surface area contributed by atoms with E-state index in [1.807, 2.05) is 30.3 Å². The van der Waals surface area contributed by atoms with Gasteiger partial charge in [-0.05, 0) is 48.9 Å². The van der Waals surface area contributed by atoms with Gasteiger partial charge in [-0.2, -0.15) is 10.1 Å². The third kappa shape index (κ3) is 5.52. The number of hydrogen-bond acceptors (Lipinski definition) is 8. The Hall–Kier alpha value is -4.51. The number of aliphatic hydroxyl groups is 1. The van der Waals surface area contributed by atoms with Crippen LogP contribution in [-0.4, -0.2) is 56.0 Å². The fourth-order valence-corrected chi connectivity index (χ4v) is 6.23. The highest BCUT2D eigenvalue weighted by Crippen LogP contribution is 2.38. The summed E-state index contributed by atoms with van der Waals surface area (Å²) < 4.78 is 16.7. The topological polar surface area (TPSA) is 120 Å². The Labute approximate surface area is 249 Å². The van der Waals surface area contributed by atoms with Crippen LogP contribution in [-0.2, 0) is 17.8 Å². The Morgan fingerprint density at radius 1 is 1.19 bits per heavy atom. The molecule has 2 fully saturated rings. The van der Waals surface area contributed by atoms with E-state index in [9.17, 15) is 14.3 Å². The fraction of sp³-hybridized carbons (Fsp3) is 0.375. The van der Waals surface area contributed by atoms with Crippen LogP contribution in [0.2, 0.25) is 0 Å². The molecule has 1 saturated carbocycles. The maximum absolute atomic E-state index is 15.0. The molecule has 7 rings (SSSR count). The minimum absolute atomic E-state index is 0.106. The zero-order valence-electron chi connectivity index (χ0n) is 23.8. The molecule has 3 heterocycles. The lowest BCUT2D eigenvalue weighted by Gasteiger charge is -2.35. The molecule has 4 aromatic rings. The molecule has 10 nitrogen and oxygen atoms in total. The van der Waals surface area contributed by atoms with Gasteiger partial charge in [-0.25, -0.2) is 9.37 Å².